The zero-order chi connectivity index (χ0) is 23.7. The minimum atomic E-state index is -2.28. The third-order valence-electron chi connectivity index (χ3n) is 4.78. The summed E-state index contributed by atoms with van der Waals surface area (Å²) in [6.07, 6.45) is -0.837. The quantitative estimate of drug-likeness (QED) is 0.217. The number of rotatable bonds is 5. The summed E-state index contributed by atoms with van der Waals surface area (Å²) in [6.45, 7) is 17.8. The van der Waals surface area contributed by atoms with Crippen LogP contribution in [0.4, 0.5) is 4.79 Å². The van der Waals surface area contributed by atoms with E-state index < -0.39 is 55.1 Å². The van der Waals surface area contributed by atoms with Crippen LogP contribution in [0.25, 0.3) is 0 Å². The SMILES string of the molecule is CC(C)(C)OC(=O)N[C@H](CO[Si](C)(C)C(C)(C)C)C(O)=C1C(=O)OC(C)(C)OC1=O. The van der Waals surface area contributed by atoms with Gasteiger partial charge in [0.1, 0.15) is 17.4 Å². The molecule has 0 aromatic heterocycles. The molecule has 0 aromatic carbocycles. The lowest BCUT2D eigenvalue weighted by Gasteiger charge is -2.37. The fourth-order valence-electron chi connectivity index (χ4n) is 2.18. The maximum Gasteiger partial charge on any atom is 0.408 e. The van der Waals surface area contributed by atoms with Gasteiger partial charge in [-0.15, -0.1) is 0 Å². The first-order chi connectivity index (χ1) is 13.3. The second-order valence-corrected chi connectivity index (χ2v) is 15.0. The van der Waals surface area contributed by atoms with Gasteiger partial charge < -0.3 is 29.1 Å². The van der Waals surface area contributed by atoms with Gasteiger partial charge in [-0.25, -0.2) is 14.4 Å². The van der Waals surface area contributed by atoms with Gasteiger partial charge in [0.25, 0.3) is 5.79 Å². The van der Waals surface area contributed by atoms with Crippen LogP contribution in [0.1, 0.15) is 55.4 Å². The number of aliphatic hydroxyl groups is 1. The minimum absolute atomic E-state index is 0.140. The van der Waals surface area contributed by atoms with Crippen LogP contribution in [0.5, 0.6) is 0 Å². The average Bonchev–Trinajstić information content (AvgIpc) is 2.46. The fourth-order valence-corrected chi connectivity index (χ4v) is 3.20. The number of aliphatic hydroxyl groups excluding tert-OH is 1. The van der Waals surface area contributed by atoms with Crippen LogP contribution >= 0.6 is 0 Å². The number of nitrogens with one attached hydrogen (secondary N) is 1. The Labute approximate surface area is 179 Å². The van der Waals surface area contributed by atoms with Gasteiger partial charge in [0.2, 0.25) is 0 Å². The molecule has 1 atom stereocenters. The highest BCUT2D eigenvalue weighted by atomic mass is 28.4. The number of ether oxygens (including phenoxy) is 3. The maximum atomic E-state index is 12.3. The molecule has 1 rings (SSSR count). The van der Waals surface area contributed by atoms with E-state index in [1.54, 1.807) is 20.8 Å². The van der Waals surface area contributed by atoms with Crippen LogP contribution < -0.4 is 5.32 Å². The Morgan fingerprint density at radius 3 is 1.97 bits per heavy atom. The van der Waals surface area contributed by atoms with Crippen molar-refractivity contribution in [3.8, 4) is 0 Å². The van der Waals surface area contributed by atoms with Crippen molar-refractivity contribution in [3.63, 3.8) is 0 Å². The second kappa shape index (κ2) is 8.58. The van der Waals surface area contributed by atoms with E-state index in [0.29, 0.717) is 0 Å². The number of hydrogen-bond donors (Lipinski definition) is 2. The standard InChI is InChI=1S/C20H35NO8Si/c1-18(2,3)29-17(25)21-12(11-26-30(9,10)19(4,5)6)14(22)13-15(23)27-20(7,8)28-16(13)24/h12,22H,11H2,1-10H3,(H,21,25)/t12-/m1/s1. The van der Waals surface area contributed by atoms with Crippen LogP contribution in [0.15, 0.2) is 11.3 Å². The van der Waals surface area contributed by atoms with Gasteiger partial charge in [-0.3, -0.25) is 0 Å². The average molecular weight is 446 g/mol. The zero-order valence-electron chi connectivity index (χ0n) is 19.6. The highest BCUT2D eigenvalue weighted by Crippen LogP contribution is 2.37. The second-order valence-electron chi connectivity index (χ2n) is 10.2. The molecule has 2 N–H and O–H groups in total. The molecular weight excluding hydrogens is 410 g/mol. The maximum absolute atomic E-state index is 12.3. The summed E-state index contributed by atoms with van der Waals surface area (Å²) < 4.78 is 21.4. The van der Waals surface area contributed by atoms with Gasteiger partial charge in [-0.1, -0.05) is 20.8 Å². The lowest BCUT2D eigenvalue weighted by Crippen LogP contribution is -2.49. The van der Waals surface area contributed by atoms with Gasteiger partial charge in [0.05, 0.1) is 6.61 Å². The van der Waals surface area contributed by atoms with E-state index in [1.807, 2.05) is 33.9 Å². The molecule has 0 bridgehead atoms. The van der Waals surface area contributed by atoms with Crippen LogP contribution in [0.3, 0.4) is 0 Å². The first kappa shape index (κ1) is 26.0. The number of hydrogen-bond acceptors (Lipinski definition) is 8. The van der Waals surface area contributed by atoms with Gasteiger partial charge in [0, 0.05) is 13.8 Å². The third-order valence-corrected chi connectivity index (χ3v) is 9.28. The summed E-state index contributed by atoms with van der Waals surface area (Å²) in [5.74, 6) is -4.25. The van der Waals surface area contributed by atoms with E-state index in [-0.39, 0.29) is 11.6 Å². The van der Waals surface area contributed by atoms with Crippen molar-refractivity contribution >= 4 is 26.3 Å². The Morgan fingerprint density at radius 1 is 1.10 bits per heavy atom. The molecular formula is C20H35NO8Si. The third kappa shape index (κ3) is 7.01. The largest absolute Gasteiger partial charge is 0.509 e. The van der Waals surface area contributed by atoms with Crippen LogP contribution in [-0.4, -0.2) is 55.5 Å². The van der Waals surface area contributed by atoms with E-state index in [0.717, 1.165) is 0 Å². The summed E-state index contributed by atoms with van der Waals surface area (Å²) >= 11 is 0. The predicted molar refractivity (Wildman–Crippen MR) is 112 cm³/mol. The Bertz CT molecular complexity index is 706. The monoisotopic (exact) mass is 445 g/mol. The summed E-state index contributed by atoms with van der Waals surface area (Å²) in [5, 5.41) is 13.1. The number of carbonyl (C=O) groups excluding carboxylic acids is 3. The number of cyclic esters (lactones) is 2. The van der Waals surface area contributed by atoms with E-state index in [4.69, 9.17) is 18.6 Å². The van der Waals surface area contributed by atoms with Gasteiger partial charge in [-0.2, -0.15) is 0 Å². The Hall–Kier alpha value is -2.07. The molecule has 0 saturated carbocycles. The number of esters is 2. The topological polar surface area (TPSA) is 120 Å². The van der Waals surface area contributed by atoms with E-state index in [2.05, 4.69) is 5.32 Å². The van der Waals surface area contributed by atoms with Crippen LogP contribution in [0.2, 0.25) is 18.1 Å². The van der Waals surface area contributed by atoms with Crippen molar-refractivity contribution in [2.75, 3.05) is 6.61 Å². The number of amides is 1. The van der Waals surface area contributed by atoms with E-state index in [9.17, 15) is 19.5 Å². The van der Waals surface area contributed by atoms with Crippen molar-refractivity contribution < 1.29 is 38.1 Å². The lowest BCUT2D eigenvalue weighted by atomic mass is 10.1. The molecule has 10 heteroatoms. The van der Waals surface area contributed by atoms with E-state index >= 15 is 0 Å². The molecule has 0 aromatic rings. The molecule has 9 nitrogen and oxygen atoms in total. The predicted octanol–water partition coefficient (Wildman–Crippen LogP) is 3.55. The molecule has 1 heterocycles. The van der Waals surface area contributed by atoms with Gasteiger partial charge in [0.15, 0.2) is 13.9 Å². The molecule has 1 saturated heterocycles. The molecule has 1 fully saturated rings. The fraction of sp³-hybridized carbons (Fsp3) is 0.750. The smallest absolute Gasteiger partial charge is 0.408 e. The summed E-state index contributed by atoms with van der Waals surface area (Å²) in [4.78, 5) is 36.9. The lowest BCUT2D eigenvalue weighted by molar-refractivity contribution is -0.222. The Kier molecular flexibility index (Phi) is 7.43. The van der Waals surface area contributed by atoms with Crippen LogP contribution in [0, 0.1) is 0 Å². The van der Waals surface area contributed by atoms with Crippen molar-refractivity contribution in [1.82, 2.24) is 5.32 Å². The minimum Gasteiger partial charge on any atom is -0.509 e. The number of carbonyl (C=O) groups is 3. The molecule has 0 spiro atoms. The van der Waals surface area contributed by atoms with Gasteiger partial charge >= 0.3 is 18.0 Å². The molecule has 1 aliphatic heterocycles. The van der Waals surface area contributed by atoms with Crippen molar-refractivity contribution in [3.05, 3.63) is 11.3 Å². The first-order valence-electron chi connectivity index (χ1n) is 9.79. The van der Waals surface area contributed by atoms with Gasteiger partial charge in [-0.05, 0) is 38.9 Å². The zero-order valence-corrected chi connectivity index (χ0v) is 20.6. The Balaban J connectivity index is 3.23. The van der Waals surface area contributed by atoms with Crippen molar-refractivity contribution in [2.24, 2.45) is 0 Å². The number of alkyl carbamates (subject to hydrolysis) is 1. The summed E-state index contributed by atoms with van der Waals surface area (Å²) in [5.41, 5.74) is -1.47. The molecule has 30 heavy (non-hydrogen) atoms. The molecule has 1 amide bonds. The summed E-state index contributed by atoms with van der Waals surface area (Å²) in [7, 11) is -2.28. The molecule has 1 aliphatic rings. The van der Waals surface area contributed by atoms with E-state index in [1.165, 1.54) is 13.8 Å². The molecule has 0 unspecified atom stereocenters. The summed E-state index contributed by atoms with van der Waals surface area (Å²) in [6, 6.07) is -1.22. The van der Waals surface area contributed by atoms with Crippen molar-refractivity contribution in [2.45, 2.75) is 91.0 Å². The normalized spacial score (nSPS) is 18.3. The highest BCUT2D eigenvalue weighted by molar-refractivity contribution is 6.74. The first-order valence-corrected chi connectivity index (χ1v) is 12.7. The highest BCUT2D eigenvalue weighted by Gasteiger charge is 2.44. The van der Waals surface area contributed by atoms with Crippen LogP contribution in [-0.2, 0) is 28.2 Å². The molecule has 0 radical (unpaired) electrons. The molecule has 172 valence electrons. The molecule has 0 aliphatic carbocycles. The van der Waals surface area contributed by atoms with Crippen molar-refractivity contribution in [1.29, 1.82) is 0 Å². The Morgan fingerprint density at radius 2 is 1.57 bits per heavy atom.